The molecule has 0 unspecified atom stereocenters. The fourth-order valence-electron chi connectivity index (χ4n) is 2.27. The Morgan fingerprint density at radius 3 is 2.67 bits per heavy atom. The number of hydrogen-bond donors (Lipinski definition) is 1. The van der Waals surface area contributed by atoms with Crippen LogP contribution in [0, 0.1) is 0 Å². The Hall–Kier alpha value is -0.560. The molecule has 0 amide bonds. The molecule has 15 heavy (non-hydrogen) atoms. The van der Waals surface area contributed by atoms with Crippen molar-refractivity contribution in [1.29, 1.82) is 0 Å². The highest BCUT2D eigenvalue weighted by Gasteiger charge is 2.09. The van der Waals surface area contributed by atoms with E-state index in [1.165, 1.54) is 51.6 Å². The summed E-state index contributed by atoms with van der Waals surface area (Å²) in [5.74, 6) is 0. The minimum absolute atomic E-state index is 1.11. The molecule has 0 aromatic carbocycles. The summed E-state index contributed by atoms with van der Waals surface area (Å²) in [4.78, 5) is 0. The van der Waals surface area contributed by atoms with Gasteiger partial charge >= 0.3 is 0 Å². The molecule has 0 aromatic heterocycles. The third-order valence-corrected chi connectivity index (χ3v) is 3.18. The van der Waals surface area contributed by atoms with Crippen LogP contribution in [0.15, 0.2) is 23.8 Å². The highest BCUT2D eigenvalue weighted by atomic mass is 14.9. The van der Waals surface area contributed by atoms with Gasteiger partial charge in [-0.25, -0.2) is 0 Å². The number of rotatable bonds is 6. The number of allylic oxidation sites excluding steroid dienone is 2. The second kappa shape index (κ2) is 7.70. The molecule has 0 radical (unpaired) electrons. The summed E-state index contributed by atoms with van der Waals surface area (Å²) in [6.07, 6.45) is 11.0. The lowest BCUT2D eigenvalue weighted by atomic mass is 9.93. The quantitative estimate of drug-likeness (QED) is 0.515. The summed E-state index contributed by atoms with van der Waals surface area (Å²) in [7, 11) is 0. The van der Waals surface area contributed by atoms with Crippen molar-refractivity contribution in [3.8, 4) is 0 Å². The van der Waals surface area contributed by atoms with Crippen molar-refractivity contribution in [3.63, 3.8) is 0 Å². The Balaban J connectivity index is 2.49. The lowest BCUT2D eigenvalue weighted by Crippen LogP contribution is -2.23. The molecule has 1 heteroatoms. The van der Waals surface area contributed by atoms with E-state index in [1.54, 1.807) is 11.1 Å². The normalized spacial score (nSPS) is 16.5. The Kier molecular flexibility index (Phi) is 6.42. The summed E-state index contributed by atoms with van der Waals surface area (Å²) in [5.41, 5.74) is 3.39. The number of hydrogen-bond acceptors (Lipinski definition) is 1. The van der Waals surface area contributed by atoms with Crippen molar-refractivity contribution in [2.45, 2.75) is 51.9 Å². The Bertz CT molecular complexity index is 207. The maximum atomic E-state index is 3.87. The average molecular weight is 207 g/mol. The van der Waals surface area contributed by atoms with Gasteiger partial charge in [0.05, 0.1) is 0 Å². The molecule has 86 valence electrons. The van der Waals surface area contributed by atoms with Crippen LogP contribution < -0.4 is 5.32 Å². The number of nitrogens with one attached hydrogen (secondary N) is 1. The van der Waals surface area contributed by atoms with Crippen LogP contribution in [-0.2, 0) is 0 Å². The van der Waals surface area contributed by atoms with Crippen molar-refractivity contribution in [3.05, 3.63) is 23.8 Å². The predicted molar refractivity (Wildman–Crippen MR) is 68.1 cm³/mol. The fourth-order valence-corrected chi connectivity index (χ4v) is 2.27. The predicted octanol–water partition coefficient (Wildman–Crippen LogP) is 3.82. The zero-order chi connectivity index (χ0) is 10.9. The molecular formula is C14H25N. The van der Waals surface area contributed by atoms with Gasteiger partial charge in [-0.15, -0.1) is 6.58 Å². The Morgan fingerprint density at radius 2 is 2.07 bits per heavy atom. The average Bonchev–Trinajstić information content (AvgIpc) is 2.29. The first-order valence-corrected chi connectivity index (χ1v) is 6.39. The standard InChI is InChI=1S/C14H25N/c1-3-5-6-8-13(7-4-2)14-9-11-15-12-10-14/h4,15H,2-3,5-12H2,1H3. The zero-order valence-corrected chi connectivity index (χ0v) is 10.1. The molecule has 1 N–H and O–H groups in total. The van der Waals surface area contributed by atoms with E-state index in [0.717, 1.165) is 6.42 Å². The lowest BCUT2D eigenvalue weighted by molar-refractivity contribution is 0.593. The van der Waals surface area contributed by atoms with Crippen LogP contribution in [0.2, 0.25) is 0 Å². The van der Waals surface area contributed by atoms with Crippen molar-refractivity contribution in [2.75, 3.05) is 13.1 Å². The first kappa shape index (κ1) is 12.5. The first-order valence-electron chi connectivity index (χ1n) is 6.39. The van der Waals surface area contributed by atoms with Crippen LogP contribution in [-0.4, -0.2) is 13.1 Å². The van der Waals surface area contributed by atoms with Crippen LogP contribution in [0.5, 0.6) is 0 Å². The lowest BCUT2D eigenvalue weighted by Gasteiger charge is -2.20. The van der Waals surface area contributed by atoms with E-state index in [4.69, 9.17) is 0 Å². The smallest absolute Gasteiger partial charge is 0.00114 e. The highest BCUT2D eigenvalue weighted by molar-refractivity contribution is 5.18. The fraction of sp³-hybridized carbons (Fsp3) is 0.714. The Morgan fingerprint density at radius 1 is 1.33 bits per heavy atom. The van der Waals surface area contributed by atoms with Crippen LogP contribution in [0.25, 0.3) is 0 Å². The molecule has 0 saturated carbocycles. The molecule has 1 saturated heterocycles. The van der Waals surface area contributed by atoms with Crippen molar-refractivity contribution in [1.82, 2.24) is 5.32 Å². The monoisotopic (exact) mass is 207 g/mol. The minimum atomic E-state index is 1.11. The summed E-state index contributed by atoms with van der Waals surface area (Å²) in [6, 6.07) is 0. The van der Waals surface area contributed by atoms with E-state index in [0.29, 0.717) is 0 Å². The number of unbranched alkanes of at least 4 members (excludes halogenated alkanes) is 2. The maximum absolute atomic E-state index is 3.87. The van der Waals surface area contributed by atoms with E-state index in [2.05, 4.69) is 24.9 Å². The van der Waals surface area contributed by atoms with E-state index in [9.17, 15) is 0 Å². The van der Waals surface area contributed by atoms with Gasteiger partial charge < -0.3 is 5.32 Å². The van der Waals surface area contributed by atoms with Crippen LogP contribution >= 0.6 is 0 Å². The summed E-state index contributed by atoms with van der Waals surface area (Å²) < 4.78 is 0. The molecule has 0 spiro atoms. The van der Waals surface area contributed by atoms with Gasteiger partial charge in [0, 0.05) is 0 Å². The van der Waals surface area contributed by atoms with Crippen molar-refractivity contribution < 1.29 is 0 Å². The molecule has 1 nitrogen and oxygen atoms in total. The van der Waals surface area contributed by atoms with E-state index >= 15 is 0 Å². The van der Waals surface area contributed by atoms with Gasteiger partial charge in [0.15, 0.2) is 0 Å². The van der Waals surface area contributed by atoms with Gasteiger partial charge in [-0.2, -0.15) is 0 Å². The third-order valence-electron chi connectivity index (χ3n) is 3.18. The van der Waals surface area contributed by atoms with E-state index in [-0.39, 0.29) is 0 Å². The highest BCUT2D eigenvalue weighted by Crippen LogP contribution is 2.23. The van der Waals surface area contributed by atoms with E-state index in [1.807, 2.05) is 0 Å². The molecule has 1 fully saturated rings. The third kappa shape index (κ3) is 4.65. The van der Waals surface area contributed by atoms with Crippen LogP contribution in [0.3, 0.4) is 0 Å². The van der Waals surface area contributed by atoms with Gasteiger partial charge in [0.2, 0.25) is 0 Å². The molecule has 0 aromatic rings. The van der Waals surface area contributed by atoms with Gasteiger partial charge in [-0.05, 0) is 45.2 Å². The second-order valence-electron chi connectivity index (χ2n) is 4.41. The molecule has 1 aliphatic rings. The summed E-state index contributed by atoms with van der Waals surface area (Å²) in [6.45, 7) is 8.48. The van der Waals surface area contributed by atoms with Gasteiger partial charge in [0.25, 0.3) is 0 Å². The first-order chi connectivity index (χ1) is 7.38. The largest absolute Gasteiger partial charge is 0.316 e. The van der Waals surface area contributed by atoms with Gasteiger partial charge in [0.1, 0.15) is 0 Å². The summed E-state index contributed by atoms with van der Waals surface area (Å²) >= 11 is 0. The molecule has 1 rings (SSSR count). The van der Waals surface area contributed by atoms with Crippen LogP contribution in [0.4, 0.5) is 0 Å². The van der Waals surface area contributed by atoms with Crippen molar-refractivity contribution in [2.24, 2.45) is 0 Å². The summed E-state index contributed by atoms with van der Waals surface area (Å²) in [5, 5.41) is 3.42. The van der Waals surface area contributed by atoms with Crippen molar-refractivity contribution >= 4 is 0 Å². The molecule has 0 aliphatic carbocycles. The minimum Gasteiger partial charge on any atom is -0.316 e. The second-order valence-corrected chi connectivity index (χ2v) is 4.41. The molecular weight excluding hydrogens is 182 g/mol. The molecule has 0 atom stereocenters. The maximum Gasteiger partial charge on any atom is -0.00114 e. The topological polar surface area (TPSA) is 12.0 Å². The molecule has 1 aliphatic heterocycles. The number of piperidine rings is 1. The zero-order valence-electron chi connectivity index (χ0n) is 10.1. The van der Waals surface area contributed by atoms with E-state index < -0.39 is 0 Å². The SMILES string of the molecule is C=CCC(CCCCC)=C1CCNCC1. The molecule has 0 bridgehead atoms. The Labute approximate surface area is 94.6 Å². The van der Waals surface area contributed by atoms with Gasteiger partial charge in [-0.3, -0.25) is 0 Å². The van der Waals surface area contributed by atoms with Gasteiger partial charge in [-0.1, -0.05) is 37.0 Å². The van der Waals surface area contributed by atoms with Crippen LogP contribution in [0.1, 0.15) is 51.9 Å². The molecule has 1 heterocycles.